The number of rotatable bonds is 0. The Balaban J connectivity index is 2.12. The van der Waals surface area contributed by atoms with Gasteiger partial charge >= 0.3 is 0 Å². The minimum Gasteiger partial charge on any atom is -0.390 e. The summed E-state index contributed by atoms with van der Waals surface area (Å²) in [5.41, 5.74) is -0.346. The Hall–Kier alpha value is -0.0400. The number of aliphatic hydroxyl groups is 1. The van der Waals surface area contributed by atoms with Gasteiger partial charge in [-0.3, -0.25) is 0 Å². The lowest BCUT2D eigenvalue weighted by molar-refractivity contribution is -0.0413. The molecule has 76 valence electrons. The first-order valence-corrected chi connectivity index (χ1v) is 5.92. The molecule has 1 heteroatoms. The maximum absolute atomic E-state index is 10.3. The van der Waals surface area contributed by atoms with Crippen molar-refractivity contribution in [1.29, 1.82) is 0 Å². The lowest BCUT2D eigenvalue weighted by atomic mass is 9.70. The zero-order chi connectivity index (χ0) is 9.31. The summed E-state index contributed by atoms with van der Waals surface area (Å²) < 4.78 is 0. The van der Waals surface area contributed by atoms with Crippen LogP contribution < -0.4 is 0 Å². The average Bonchev–Trinajstić information content (AvgIpc) is 2.26. The molecule has 0 aromatic rings. The van der Waals surface area contributed by atoms with Crippen LogP contribution in [0.15, 0.2) is 0 Å². The fourth-order valence-electron chi connectivity index (χ4n) is 3.45. The Morgan fingerprint density at radius 3 is 2.38 bits per heavy atom. The third-order valence-electron chi connectivity index (χ3n) is 4.22. The van der Waals surface area contributed by atoms with E-state index in [1.807, 2.05) is 0 Å². The van der Waals surface area contributed by atoms with Crippen molar-refractivity contribution in [3.63, 3.8) is 0 Å². The van der Waals surface area contributed by atoms with Crippen molar-refractivity contribution in [2.45, 2.75) is 63.9 Å². The number of fused-ring (bicyclic) bond motifs is 1. The van der Waals surface area contributed by atoms with Crippen LogP contribution in [0.4, 0.5) is 0 Å². The normalized spacial score (nSPS) is 46.6. The smallest absolute Gasteiger partial charge is 0.0650 e. The molecule has 0 heterocycles. The molecule has 2 saturated carbocycles. The predicted molar refractivity (Wildman–Crippen MR) is 54.5 cm³/mol. The van der Waals surface area contributed by atoms with Crippen molar-refractivity contribution in [2.24, 2.45) is 11.8 Å². The van der Waals surface area contributed by atoms with Crippen LogP contribution in [0.5, 0.6) is 0 Å². The van der Waals surface area contributed by atoms with E-state index in [1.54, 1.807) is 0 Å². The summed E-state index contributed by atoms with van der Waals surface area (Å²) in [4.78, 5) is 0. The number of hydrogen-bond donors (Lipinski definition) is 1. The highest BCUT2D eigenvalue weighted by Gasteiger charge is 2.39. The fourth-order valence-corrected chi connectivity index (χ4v) is 3.45. The van der Waals surface area contributed by atoms with Gasteiger partial charge in [0.15, 0.2) is 0 Å². The Morgan fingerprint density at radius 2 is 1.62 bits per heavy atom. The second kappa shape index (κ2) is 3.61. The molecule has 13 heavy (non-hydrogen) atoms. The van der Waals surface area contributed by atoms with Crippen LogP contribution in [-0.4, -0.2) is 10.7 Å². The second-order valence-corrected chi connectivity index (χ2v) is 5.25. The monoisotopic (exact) mass is 182 g/mol. The van der Waals surface area contributed by atoms with E-state index < -0.39 is 0 Å². The van der Waals surface area contributed by atoms with Gasteiger partial charge in [-0.15, -0.1) is 0 Å². The van der Waals surface area contributed by atoms with Crippen LogP contribution in [0.1, 0.15) is 58.3 Å². The molecular formula is C12H22O. The van der Waals surface area contributed by atoms with E-state index in [0.29, 0.717) is 5.92 Å². The van der Waals surface area contributed by atoms with Crippen LogP contribution in [-0.2, 0) is 0 Å². The van der Waals surface area contributed by atoms with Crippen molar-refractivity contribution in [2.75, 3.05) is 0 Å². The van der Waals surface area contributed by atoms with Gasteiger partial charge in [-0.25, -0.2) is 0 Å². The van der Waals surface area contributed by atoms with E-state index in [-0.39, 0.29) is 5.60 Å². The van der Waals surface area contributed by atoms with E-state index in [1.165, 1.54) is 44.9 Å². The first-order valence-electron chi connectivity index (χ1n) is 5.92. The van der Waals surface area contributed by atoms with E-state index in [9.17, 15) is 5.11 Å². The van der Waals surface area contributed by atoms with Crippen LogP contribution in [0.25, 0.3) is 0 Å². The van der Waals surface area contributed by atoms with Crippen LogP contribution in [0.2, 0.25) is 0 Å². The second-order valence-electron chi connectivity index (χ2n) is 5.25. The summed E-state index contributed by atoms with van der Waals surface area (Å²) in [6.45, 7) is 2.07. The lowest BCUT2D eigenvalue weighted by Crippen LogP contribution is -2.39. The summed E-state index contributed by atoms with van der Waals surface area (Å²) in [6.07, 6.45) is 10.4. The van der Waals surface area contributed by atoms with Crippen molar-refractivity contribution >= 4 is 0 Å². The highest BCUT2D eigenvalue weighted by Crippen LogP contribution is 2.44. The molecule has 0 spiro atoms. The zero-order valence-electron chi connectivity index (χ0n) is 8.76. The fraction of sp³-hybridized carbons (Fsp3) is 1.00. The molecule has 0 amide bonds. The molecule has 0 bridgehead atoms. The molecule has 0 saturated heterocycles. The van der Waals surface area contributed by atoms with Gasteiger partial charge in [0.1, 0.15) is 0 Å². The molecule has 1 N–H and O–H groups in total. The largest absolute Gasteiger partial charge is 0.390 e. The van der Waals surface area contributed by atoms with Gasteiger partial charge in [0.05, 0.1) is 5.60 Å². The van der Waals surface area contributed by atoms with Crippen LogP contribution >= 0.6 is 0 Å². The zero-order valence-corrected chi connectivity index (χ0v) is 8.76. The van der Waals surface area contributed by atoms with Crippen molar-refractivity contribution in [3.05, 3.63) is 0 Å². The number of hydrogen-bond acceptors (Lipinski definition) is 1. The standard InChI is InChI=1S/C12H22O/c1-12(13)9-5-4-7-10-6-2-3-8-11(10)12/h10-11,13H,2-9H2,1H3. The first-order chi connectivity index (χ1) is 6.20. The van der Waals surface area contributed by atoms with Gasteiger partial charge in [-0.2, -0.15) is 0 Å². The van der Waals surface area contributed by atoms with E-state index >= 15 is 0 Å². The van der Waals surface area contributed by atoms with E-state index in [2.05, 4.69) is 6.92 Å². The van der Waals surface area contributed by atoms with E-state index in [0.717, 1.165) is 12.3 Å². The SMILES string of the molecule is CC1(O)CCCCC2CCCCC21. The summed E-state index contributed by atoms with van der Waals surface area (Å²) in [5, 5.41) is 10.3. The molecule has 0 aromatic carbocycles. The Bertz CT molecular complexity index is 174. The summed E-state index contributed by atoms with van der Waals surface area (Å²) in [6, 6.07) is 0. The molecule has 2 aliphatic rings. The van der Waals surface area contributed by atoms with Crippen LogP contribution in [0, 0.1) is 11.8 Å². The highest BCUT2D eigenvalue weighted by molar-refractivity contribution is 4.91. The average molecular weight is 182 g/mol. The van der Waals surface area contributed by atoms with Crippen molar-refractivity contribution in [1.82, 2.24) is 0 Å². The Labute approximate surface area is 81.5 Å². The molecule has 2 aliphatic carbocycles. The van der Waals surface area contributed by atoms with Crippen LogP contribution in [0.3, 0.4) is 0 Å². The Kier molecular flexibility index (Phi) is 2.64. The molecular weight excluding hydrogens is 160 g/mol. The molecule has 0 aliphatic heterocycles. The summed E-state index contributed by atoms with van der Waals surface area (Å²) in [5.74, 6) is 1.45. The van der Waals surface area contributed by atoms with Gasteiger partial charge in [-0.05, 0) is 31.6 Å². The predicted octanol–water partition coefficient (Wildman–Crippen LogP) is 3.12. The topological polar surface area (TPSA) is 20.2 Å². The van der Waals surface area contributed by atoms with E-state index in [4.69, 9.17) is 0 Å². The molecule has 0 aromatic heterocycles. The van der Waals surface area contributed by atoms with Crippen molar-refractivity contribution < 1.29 is 5.11 Å². The molecule has 3 atom stereocenters. The van der Waals surface area contributed by atoms with Gasteiger partial charge in [0.2, 0.25) is 0 Å². The molecule has 0 radical (unpaired) electrons. The van der Waals surface area contributed by atoms with Gasteiger partial charge in [0, 0.05) is 0 Å². The van der Waals surface area contributed by atoms with Gasteiger partial charge in [-0.1, -0.05) is 38.5 Å². The van der Waals surface area contributed by atoms with Gasteiger partial charge in [0.25, 0.3) is 0 Å². The summed E-state index contributed by atoms with van der Waals surface area (Å²) >= 11 is 0. The summed E-state index contributed by atoms with van der Waals surface area (Å²) in [7, 11) is 0. The maximum Gasteiger partial charge on any atom is 0.0650 e. The Morgan fingerprint density at radius 1 is 1.00 bits per heavy atom. The first kappa shape index (κ1) is 9.51. The highest BCUT2D eigenvalue weighted by atomic mass is 16.3. The molecule has 1 nitrogen and oxygen atoms in total. The molecule has 2 fully saturated rings. The van der Waals surface area contributed by atoms with Gasteiger partial charge < -0.3 is 5.11 Å². The maximum atomic E-state index is 10.3. The quantitative estimate of drug-likeness (QED) is 0.610. The third-order valence-corrected chi connectivity index (χ3v) is 4.22. The minimum absolute atomic E-state index is 0.346. The van der Waals surface area contributed by atoms with Crippen molar-refractivity contribution in [3.8, 4) is 0 Å². The molecule has 3 unspecified atom stereocenters. The third kappa shape index (κ3) is 1.90. The minimum atomic E-state index is -0.346. The lowest BCUT2D eigenvalue weighted by Gasteiger charge is -2.39. The molecule has 2 rings (SSSR count).